The molecular weight excluding hydrogens is 374 g/mol. The van der Waals surface area contributed by atoms with Gasteiger partial charge in [0.25, 0.3) is 5.91 Å². The fourth-order valence-corrected chi connectivity index (χ4v) is 4.12. The maximum absolute atomic E-state index is 12.9. The molecule has 1 fully saturated rings. The molecule has 28 heavy (non-hydrogen) atoms. The molecular formula is C20H23N5O2S. The second-order valence-electron chi connectivity index (χ2n) is 7.17. The zero-order valence-electron chi connectivity index (χ0n) is 15.8. The molecule has 1 atom stereocenters. The van der Waals surface area contributed by atoms with Gasteiger partial charge in [0.2, 0.25) is 5.91 Å². The molecule has 2 aromatic rings. The Bertz CT molecular complexity index is 879. The summed E-state index contributed by atoms with van der Waals surface area (Å²) < 4.78 is 0. The molecule has 2 aliphatic rings. The number of rotatable bonds is 4. The summed E-state index contributed by atoms with van der Waals surface area (Å²) in [6, 6.07) is 7.57. The fraction of sp³-hybridized carbons (Fsp3) is 0.400. The number of carbonyl (C=O) groups excluding carboxylic acids is 2. The predicted molar refractivity (Wildman–Crippen MR) is 111 cm³/mol. The van der Waals surface area contributed by atoms with E-state index in [2.05, 4.69) is 15.4 Å². The van der Waals surface area contributed by atoms with Crippen molar-refractivity contribution in [2.75, 3.05) is 30.0 Å². The van der Waals surface area contributed by atoms with Crippen LogP contribution in [-0.4, -0.2) is 47.0 Å². The van der Waals surface area contributed by atoms with Crippen molar-refractivity contribution in [1.29, 1.82) is 0 Å². The number of nitrogens with zero attached hydrogens (tertiary/aromatic N) is 4. The van der Waals surface area contributed by atoms with Gasteiger partial charge in [-0.25, -0.2) is 4.98 Å². The number of aromatic nitrogens is 1. The molecule has 0 saturated carbocycles. The minimum Gasteiger partial charge on any atom is -0.338 e. The minimum atomic E-state index is -0.206. The molecule has 1 N–H and O–H groups in total. The van der Waals surface area contributed by atoms with Gasteiger partial charge < -0.3 is 10.2 Å². The number of amides is 2. The van der Waals surface area contributed by atoms with Crippen molar-refractivity contribution in [3.8, 4) is 0 Å². The van der Waals surface area contributed by atoms with Crippen molar-refractivity contribution in [1.82, 2.24) is 9.88 Å². The van der Waals surface area contributed by atoms with E-state index in [0.29, 0.717) is 23.8 Å². The van der Waals surface area contributed by atoms with Crippen LogP contribution in [0.15, 0.2) is 40.9 Å². The smallest absolute Gasteiger partial charge is 0.253 e. The molecule has 1 saturated heterocycles. The molecule has 4 rings (SSSR count). The molecule has 7 nitrogen and oxygen atoms in total. The van der Waals surface area contributed by atoms with Crippen LogP contribution < -0.4 is 10.3 Å². The van der Waals surface area contributed by atoms with Crippen LogP contribution in [0.3, 0.4) is 0 Å². The average molecular weight is 398 g/mol. The van der Waals surface area contributed by atoms with Gasteiger partial charge in [0.05, 0.1) is 11.6 Å². The summed E-state index contributed by atoms with van der Waals surface area (Å²) in [5.74, 6) is -0.299. The van der Waals surface area contributed by atoms with Gasteiger partial charge in [0.15, 0.2) is 5.13 Å². The van der Waals surface area contributed by atoms with Gasteiger partial charge in [0.1, 0.15) is 0 Å². The molecule has 0 radical (unpaired) electrons. The maximum atomic E-state index is 12.9. The molecule has 8 heteroatoms. The lowest BCUT2D eigenvalue weighted by molar-refractivity contribution is -0.121. The van der Waals surface area contributed by atoms with E-state index in [1.807, 2.05) is 41.6 Å². The lowest BCUT2D eigenvalue weighted by Crippen LogP contribution is -2.43. The van der Waals surface area contributed by atoms with Crippen molar-refractivity contribution in [2.45, 2.75) is 26.2 Å². The van der Waals surface area contributed by atoms with E-state index in [4.69, 9.17) is 0 Å². The number of hydrazone groups is 1. The second kappa shape index (κ2) is 8.10. The Labute approximate surface area is 168 Å². The Kier molecular flexibility index (Phi) is 5.38. The number of piperidine rings is 1. The Morgan fingerprint density at radius 2 is 2.04 bits per heavy atom. The molecule has 146 valence electrons. The first-order valence-corrected chi connectivity index (χ1v) is 10.4. The lowest BCUT2D eigenvalue weighted by Gasteiger charge is -2.32. The van der Waals surface area contributed by atoms with Crippen LogP contribution in [0.1, 0.15) is 36.5 Å². The van der Waals surface area contributed by atoms with Crippen molar-refractivity contribution in [3.05, 3.63) is 41.4 Å². The fourth-order valence-electron chi connectivity index (χ4n) is 3.59. The van der Waals surface area contributed by atoms with E-state index in [9.17, 15) is 9.59 Å². The summed E-state index contributed by atoms with van der Waals surface area (Å²) in [4.78, 5) is 31.3. The van der Waals surface area contributed by atoms with Crippen LogP contribution in [0.25, 0.3) is 0 Å². The van der Waals surface area contributed by atoms with Crippen LogP contribution in [0, 0.1) is 5.92 Å². The van der Waals surface area contributed by atoms with E-state index in [1.165, 1.54) is 11.3 Å². The highest BCUT2D eigenvalue weighted by Crippen LogP contribution is 2.23. The molecule has 0 aliphatic carbocycles. The number of benzene rings is 1. The maximum Gasteiger partial charge on any atom is 0.253 e. The zero-order valence-corrected chi connectivity index (χ0v) is 16.6. The molecule has 0 spiro atoms. The van der Waals surface area contributed by atoms with Crippen molar-refractivity contribution >= 4 is 39.7 Å². The summed E-state index contributed by atoms with van der Waals surface area (Å²) in [5.41, 5.74) is 2.76. The minimum absolute atomic E-state index is 0.0283. The third-order valence-corrected chi connectivity index (χ3v) is 5.82. The number of carbonyl (C=O) groups is 2. The Morgan fingerprint density at radius 3 is 2.71 bits per heavy atom. The lowest BCUT2D eigenvalue weighted by atomic mass is 9.96. The molecule has 0 bridgehead atoms. The monoisotopic (exact) mass is 397 g/mol. The SMILES string of the molecule is CC1=NN(c2ccc(C(=O)N3CCCC(C(=O)Nc4nccs4)C3)cc2)CC1. The van der Waals surface area contributed by atoms with Crippen molar-refractivity contribution in [2.24, 2.45) is 11.0 Å². The van der Waals surface area contributed by atoms with E-state index < -0.39 is 0 Å². The van der Waals surface area contributed by atoms with Gasteiger partial charge in [-0.05, 0) is 44.0 Å². The second-order valence-corrected chi connectivity index (χ2v) is 8.07. The zero-order chi connectivity index (χ0) is 19.5. The number of hydrogen-bond acceptors (Lipinski definition) is 6. The predicted octanol–water partition coefficient (Wildman–Crippen LogP) is 3.22. The van der Waals surface area contributed by atoms with Crippen molar-refractivity contribution < 1.29 is 9.59 Å². The van der Waals surface area contributed by atoms with E-state index >= 15 is 0 Å². The standard InChI is InChI=1S/C20H23N5O2S/c1-14-8-11-25(23-14)17-6-4-15(5-7-17)19(27)24-10-2-3-16(13-24)18(26)22-20-21-9-12-28-20/h4-7,9,12,16H,2-3,8,10-11,13H2,1H3,(H,21,22,26). The van der Waals surface area contributed by atoms with Gasteiger partial charge in [-0.3, -0.25) is 14.6 Å². The molecule has 2 amide bonds. The Morgan fingerprint density at radius 1 is 1.21 bits per heavy atom. The normalized spacial score (nSPS) is 19.5. The largest absolute Gasteiger partial charge is 0.338 e. The molecule has 1 aromatic carbocycles. The van der Waals surface area contributed by atoms with Gasteiger partial charge >= 0.3 is 0 Å². The third-order valence-electron chi connectivity index (χ3n) is 5.13. The van der Waals surface area contributed by atoms with Crippen LogP contribution in [0.4, 0.5) is 10.8 Å². The Balaban J connectivity index is 1.39. The van der Waals surface area contributed by atoms with Gasteiger partial charge in [-0.15, -0.1) is 11.3 Å². The third kappa shape index (κ3) is 4.06. The number of anilines is 2. The molecule has 3 heterocycles. The highest BCUT2D eigenvalue weighted by molar-refractivity contribution is 7.13. The van der Waals surface area contributed by atoms with Crippen LogP contribution in [0.2, 0.25) is 0 Å². The number of likely N-dealkylation sites (tertiary alicyclic amines) is 1. The van der Waals surface area contributed by atoms with E-state index in [0.717, 1.165) is 37.2 Å². The van der Waals surface area contributed by atoms with Crippen LogP contribution >= 0.6 is 11.3 Å². The van der Waals surface area contributed by atoms with E-state index in [-0.39, 0.29) is 17.7 Å². The first-order valence-electron chi connectivity index (χ1n) is 9.51. The van der Waals surface area contributed by atoms with Gasteiger partial charge in [0, 0.05) is 48.9 Å². The van der Waals surface area contributed by atoms with Crippen LogP contribution in [-0.2, 0) is 4.79 Å². The van der Waals surface area contributed by atoms with Crippen molar-refractivity contribution in [3.63, 3.8) is 0 Å². The van der Waals surface area contributed by atoms with Gasteiger partial charge in [-0.2, -0.15) is 5.10 Å². The highest BCUT2D eigenvalue weighted by Gasteiger charge is 2.29. The summed E-state index contributed by atoms with van der Waals surface area (Å²) >= 11 is 1.39. The average Bonchev–Trinajstić information content (AvgIpc) is 3.39. The Hall–Kier alpha value is -2.74. The first-order chi connectivity index (χ1) is 13.6. The molecule has 2 aliphatic heterocycles. The number of hydrogen-bond donors (Lipinski definition) is 1. The summed E-state index contributed by atoms with van der Waals surface area (Å²) in [6.45, 7) is 4.01. The van der Waals surface area contributed by atoms with E-state index in [1.54, 1.807) is 11.1 Å². The number of thiazole rings is 1. The van der Waals surface area contributed by atoms with Crippen LogP contribution in [0.5, 0.6) is 0 Å². The summed E-state index contributed by atoms with van der Waals surface area (Å²) in [5, 5.41) is 11.7. The van der Waals surface area contributed by atoms with Gasteiger partial charge in [-0.1, -0.05) is 0 Å². The molecule has 1 aromatic heterocycles. The number of nitrogens with one attached hydrogen (secondary N) is 1. The highest BCUT2D eigenvalue weighted by atomic mass is 32.1. The first kappa shape index (κ1) is 18.6. The quantitative estimate of drug-likeness (QED) is 0.859. The summed E-state index contributed by atoms with van der Waals surface area (Å²) in [6.07, 6.45) is 4.24. The molecule has 1 unspecified atom stereocenters. The topological polar surface area (TPSA) is 77.9 Å². The summed E-state index contributed by atoms with van der Waals surface area (Å²) in [7, 11) is 0.